The zero-order valence-corrected chi connectivity index (χ0v) is 10.6. The lowest BCUT2D eigenvalue weighted by Crippen LogP contribution is -2.10. The standard InChI is InChI=1S/C13H19NO.ClH/c1-2-3-4-5-6-11-7-9-12(10-8-11)13(14)15;/h7-10H,2-6H2,1H3,(H2,14,15);1H. The molecule has 1 amide bonds. The molecular weight excluding hydrogens is 222 g/mol. The largest absolute Gasteiger partial charge is 0.366 e. The zero-order chi connectivity index (χ0) is 11.1. The molecule has 0 spiro atoms. The first-order valence-corrected chi connectivity index (χ1v) is 5.62. The molecule has 1 aromatic carbocycles. The van der Waals surface area contributed by atoms with Crippen molar-refractivity contribution in [3.8, 4) is 0 Å². The third kappa shape index (κ3) is 5.17. The van der Waals surface area contributed by atoms with E-state index < -0.39 is 0 Å². The number of carbonyl (C=O) groups is 1. The molecule has 2 N–H and O–H groups in total. The predicted octanol–water partition coefficient (Wildman–Crippen LogP) is 3.33. The van der Waals surface area contributed by atoms with Crippen LogP contribution in [0, 0.1) is 0 Å². The number of hydrogen-bond acceptors (Lipinski definition) is 1. The van der Waals surface area contributed by atoms with Crippen molar-refractivity contribution in [1.29, 1.82) is 0 Å². The number of benzene rings is 1. The molecule has 0 radical (unpaired) electrons. The average Bonchev–Trinajstić information content (AvgIpc) is 2.25. The number of hydrogen-bond donors (Lipinski definition) is 1. The molecule has 2 nitrogen and oxygen atoms in total. The van der Waals surface area contributed by atoms with Crippen molar-refractivity contribution >= 4 is 18.3 Å². The molecule has 0 bridgehead atoms. The first-order chi connectivity index (χ1) is 7.24. The number of halogens is 1. The molecule has 0 aliphatic carbocycles. The van der Waals surface area contributed by atoms with Crippen molar-refractivity contribution in [2.75, 3.05) is 0 Å². The Kier molecular flexibility index (Phi) is 7.65. The lowest BCUT2D eigenvalue weighted by atomic mass is 10.0. The van der Waals surface area contributed by atoms with E-state index in [1.807, 2.05) is 12.1 Å². The summed E-state index contributed by atoms with van der Waals surface area (Å²) >= 11 is 0. The Bertz CT molecular complexity index is 308. The smallest absolute Gasteiger partial charge is 0.248 e. The van der Waals surface area contributed by atoms with Crippen LogP contribution in [0.3, 0.4) is 0 Å². The SMILES string of the molecule is CCCCCCc1ccc(C(N)=O)cc1.Cl. The molecule has 0 atom stereocenters. The van der Waals surface area contributed by atoms with Gasteiger partial charge in [0.1, 0.15) is 0 Å². The second kappa shape index (κ2) is 8.17. The Balaban J connectivity index is 0.00000225. The highest BCUT2D eigenvalue weighted by Gasteiger charge is 1.99. The van der Waals surface area contributed by atoms with Gasteiger partial charge in [0.15, 0.2) is 0 Å². The summed E-state index contributed by atoms with van der Waals surface area (Å²) in [5, 5.41) is 0. The third-order valence-electron chi connectivity index (χ3n) is 2.56. The van der Waals surface area contributed by atoms with Gasteiger partial charge in [-0.25, -0.2) is 0 Å². The Morgan fingerprint density at radius 3 is 2.25 bits per heavy atom. The van der Waals surface area contributed by atoms with E-state index in [0.29, 0.717) is 5.56 Å². The monoisotopic (exact) mass is 241 g/mol. The highest BCUT2D eigenvalue weighted by molar-refractivity contribution is 5.92. The summed E-state index contributed by atoms with van der Waals surface area (Å²) in [5.41, 5.74) is 7.04. The van der Waals surface area contributed by atoms with Gasteiger partial charge in [0.2, 0.25) is 5.91 Å². The summed E-state index contributed by atoms with van der Waals surface area (Å²) in [4.78, 5) is 10.8. The molecular formula is C13H20ClNO. The lowest BCUT2D eigenvalue weighted by Gasteiger charge is -2.02. The average molecular weight is 242 g/mol. The molecule has 90 valence electrons. The minimum atomic E-state index is -0.354. The van der Waals surface area contributed by atoms with E-state index in [1.165, 1.54) is 31.2 Å². The number of rotatable bonds is 6. The zero-order valence-electron chi connectivity index (χ0n) is 9.74. The van der Waals surface area contributed by atoms with Gasteiger partial charge in [-0.2, -0.15) is 0 Å². The normalized spacial score (nSPS) is 9.56. The van der Waals surface area contributed by atoms with Crippen molar-refractivity contribution in [3.05, 3.63) is 35.4 Å². The molecule has 0 saturated heterocycles. The molecule has 16 heavy (non-hydrogen) atoms. The van der Waals surface area contributed by atoms with Crippen LogP contribution in [-0.4, -0.2) is 5.91 Å². The highest BCUT2D eigenvalue weighted by atomic mass is 35.5. The summed E-state index contributed by atoms with van der Waals surface area (Å²) in [6.45, 7) is 2.21. The minimum Gasteiger partial charge on any atom is -0.366 e. The molecule has 1 aromatic rings. The van der Waals surface area contributed by atoms with Crippen molar-refractivity contribution in [2.24, 2.45) is 5.73 Å². The number of aryl methyl sites for hydroxylation is 1. The molecule has 0 saturated carbocycles. The van der Waals surface area contributed by atoms with E-state index in [2.05, 4.69) is 6.92 Å². The van der Waals surface area contributed by atoms with E-state index in [-0.39, 0.29) is 18.3 Å². The topological polar surface area (TPSA) is 43.1 Å². The number of carbonyl (C=O) groups excluding carboxylic acids is 1. The maximum atomic E-state index is 10.8. The van der Waals surface area contributed by atoms with Crippen molar-refractivity contribution in [1.82, 2.24) is 0 Å². The molecule has 0 unspecified atom stereocenters. The lowest BCUT2D eigenvalue weighted by molar-refractivity contribution is 0.100. The maximum absolute atomic E-state index is 10.8. The number of amides is 1. The van der Waals surface area contributed by atoms with Gasteiger partial charge in [0, 0.05) is 5.56 Å². The highest BCUT2D eigenvalue weighted by Crippen LogP contribution is 2.09. The van der Waals surface area contributed by atoms with Gasteiger partial charge in [-0.3, -0.25) is 4.79 Å². The Morgan fingerprint density at radius 2 is 1.75 bits per heavy atom. The minimum absolute atomic E-state index is 0. The molecule has 0 aliphatic heterocycles. The molecule has 1 rings (SSSR count). The second-order valence-electron chi connectivity index (χ2n) is 3.87. The van der Waals surface area contributed by atoms with Crippen LogP contribution in [0.25, 0.3) is 0 Å². The molecule has 0 fully saturated rings. The first kappa shape index (κ1) is 15.0. The van der Waals surface area contributed by atoms with Gasteiger partial charge in [-0.1, -0.05) is 38.3 Å². The molecule has 3 heteroatoms. The van der Waals surface area contributed by atoms with Crippen LogP contribution in [-0.2, 0) is 6.42 Å². The summed E-state index contributed by atoms with van der Waals surface area (Å²) in [6, 6.07) is 7.59. The van der Waals surface area contributed by atoms with Gasteiger partial charge >= 0.3 is 0 Å². The van der Waals surface area contributed by atoms with E-state index in [1.54, 1.807) is 12.1 Å². The summed E-state index contributed by atoms with van der Waals surface area (Å²) in [6.07, 6.45) is 6.18. The third-order valence-corrected chi connectivity index (χ3v) is 2.56. The van der Waals surface area contributed by atoms with Crippen LogP contribution in [0.4, 0.5) is 0 Å². The van der Waals surface area contributed by atoms with Crippen LogP contribution in [0.1, 0.15) is 48.5 Å². The van der Waals surface area contributed by atoms with Crippen LogP contribution in [0.2, 0.25) is 0 Å². The van der Waals surface area contributed by atoms with E-state index in [0.717, 1.165) is 6.42 Å². The van der Waals surface area contributed by atoms with Crippen LogP contribution in [0.5, 0.6) is 0 Å². The fourth-order valence-corrected chi connectivity index (χ4v) is 1.59. The Labute approximate surface area is 104 Å². The Hall–Kier alpha value is -1.02. The predicted molar refractivity (Wildman–Crippen MR) is 70.1 cm³/mol. The molecule has 0 heterocycles. The molecule has 0 aromatic heterocycles. The summed E-state index contributed by atoms with van der Waals surface area (Å²) in [7, 11) is 0. The van der Waals surface area contributed by atoms with E-state index in [9.17, 15) is 4.79 Å². The van der Waals surface area contributed by atoms with Gasteiger partial charge in [0.25, 0.3) is 0 Å². The Morgan fingerprint density at radius 1 is 1.12 bits per heavy atom. The van der Waals surface area contributed by atoms with E-state index >= 15 is 0 Å². The van der Waals surface area contributed by atoms with E-state index in [4.69, 9.17) is 5.73 Å². The maximum Gasteiger partial charge on any atom is 0.248 e. The molecule has 0 aliphatic rings. The van der Waals surface area contributed by atoms with Crippen LogP contribution >= 0.6 is 12.4 Å². The summed E-state index contributed by atoms with van der Waals surface area (Å²) in [5.74, 6) is -0.354. The van der Waals surface area contributed by atoms with Crippen LogP contribution < -0.4 is 5.73 Å². The summed E-state index contributed by atoms with van der Waals surface area (Å²) < 4.78 is 0. The van der Waals surface area contributed by atoms with Crippen molar-refractivity contribution < 1.29 is 4.79 Å². The van der Waals surface area contributed by atoms with Crippen LogP contribution in [0.15, 0.2) is 24.3 Å². The van der Waals surface area contributed by atoms with Gasteiger partial charge in [-0.05, 0) is 30.5 Å². The second-order valence-corrected chi connectivity index (χ2v) is 3.87. The number of unbranched alkanes of at least 4 members (excludes halogenated alkanes) is 3. The van der Waals surface area contributed by atoms with Gasteiger partial charge in [-0.15, -0.1) is 12.4 Å². The first-order valence-electron chi connectivity index (χ1n) is 5.62. The number of primary amides is 1. The van der Waals surface area contributed by atoms with Gasteiger partial charge < -0.3 is 5.73 Å². The van der Waals surface area contributed by atoms with Crippen molar-refractivity contribution in [2.45, 2.75) is 39.0 Å². The fraction of sp³-hybridized carbons (Fsp3) is 0.462. The number of nitrogens with two attached hydrogens (primary N) is 1. The van der Waals surface area contributed by atoms with Crippen molar-refractivity contribution in [3.63, 3.8) is 0 Å². The fourth-order valence-electron chi connectivity index (χ4n) is 1.59. The van der Waals surface area contributed by atoms with Gasteiger partial charge in [0.05, 0.1) is 0 Å². The quantitative estimate of drug-likeness (QED) is 0.763.